The molecule has 0 aliphatic carbocycles. The van der Waals surface area contributed by atoms with Gasteiger partial charge in [-0.3, -0.25) is 0 Å². The van der Waals surface area contributed by atoms with E-state index in [0.29, 0.717) is 6.54 Å². The molecule has 0 unspecified atom stereocenters. The van der Waals surface area contributed by atoms with Gasteiger partial charge in [-0.05, 0) is 40.3 Å². The number of amidine groups is 1. The van der Waals surface area contributed by atoms with E-state index in [1.807, 2.05) is 6.92 Å². The Morgan fingerprint density at radius 1 is 1.57 bits per heavy atom. The number of carbonyl (C=O) groups is 1. The zero-order chi connectivity index (χ0) is 11.4. The lowest BCUT2D eigenvalue weighted by Crippen LogP contribution is -2.39. The third-order valence-electron chi connectivity index (χ3n) is 1.31. The Kier molecular flexibility index (Phi) is 4.74. The molecule has 5 heteroatoms. The Bertz CT molecular complexity index is 264. The number of thiol groups is 1. The highest BCUT2D eigenvalue weighted by molar-refractivity contribution is 7.96. The first-order valence-electron chi connectivity index (χ1n) is 4.35. The lowest BCUT2D eigenvalue weighted by molar-refractivity contribution is 0.0381. The molecule has 0 saturated heterocycles. The Morgan fingerprint density at radius 3 is 2.36 bits per heavy atom. The molecule has 0 aromatic rings. The van der Waals surface area contributed by atoms with Crippen LogP contribution >= 0.6 is 12.6 Å². The van der Waals surface area contributed by atoms with Gasteiger partial charge in [-0.25, -0.2) is 4.67 Å². The van der Waals surface area contributed by atoms with Gasteiger partial charge < -0.3 is 4.74 Å². The van der Waals surface area contributed by atoms with Crippen LogP contribution in [0.25, 0.3) is 0 Å². The van der Waals surface area contributed by atoms with E-state index in [0.717, 1.165) is 0 Å². The summed E-state index contributed by atoms with van der Waals surface area (Å²) < 4.78 is 8.71. The van der Waals surface area contributed by atoms with Gasteiger partial charge in [-0.1, -0.05) is 0 Å². The second kappa shape index (κ2) is 5.08. The van der Waals surface area contributed by atoms with Crippen LogP contribution in [0.15, 0.2) is 0 Å². The average Bonchev–Trinajstić information content (AvgIpc) is 2.01. The van der Waals surface area contributed by atoms with Crippen molar-refractivity contribution in [3.05, 3.63) is 0 Å². The fourth-order valence-electron chi connectivity index (χ4n) is 0.755. The predicted molar refractivity (Wildman–Crippen MR) is 61.9 cm³/mol. The summed E-state index contributed by atoms with van der Waals surface area (Å²) in [6, 6.07) is 0. The summed E-state index contributed by atoms with van der Waals surface area (Å²) in [5.41, 5.74) is -0.514. The van der Waals surface area contributed by atoms with Crippen LogP contribution in [0.5, 0.6) is 0 Å². The number of ether oxygens (including phenoxy) is 1. The van der Waals surface area contributed by atoms with Gasteiger partial charge in [-0.15, -0.1) is 4.90 Å². The first kappa shape index (κ1) is 13.1. The van der Waals surface area contributed by atoms with Crippen molar-refractivity contribution >= 4 is 30.6 Å². The Balaban J connectivity index is 4.57. The summed E-state index contributed by atoms with van der Waals surface area (Å²) >= 11 is 4.01. The molecule has 0 N–H and O–H groups in total. The van der Waals surface area contributed by atoms with Crippen LogP contribution in [0.1, 0.15) is 27.7 Å². The van der Waals surface area contributed by atoms with Gasteiger partial charge in [0, 0.05) is 0 Å². The monoisotopic (exact) mass is 217 g/mol. The SMILES string of the molecule is C=[N+]=C(S)N(CC)C(=O)OC(C)(C)C. The molecule has 1 amide bonds. The molecule has 0 fully saturated rings. The molecule has 0 bridgehead atoms. The molecule has 0 saturated carbocycles. The van der Waals surface area contributed by atoms with Crippen LogP contribution in [0.2, 0.25) is 0 Å². The molecule has 0 rings (SSSR count). The first-order valence-corrected chi connectivity index (χ1v) is 4.79. The van der Waals surface area contributed by atoms with E-state index < -0.39 is 11.7 Å². The predicted octanol–water partition coefficient (Wildman–Crippen LogP) is 1.30. The van der Waals surface area contributed by atoms with E-state index in [2.05, 4.69) is 24.0 Å². The molecular formula is C9H17N2O2S+. The molecule has 0 aromatic heterocycles. The standard InChI is InChI=1S/C9H16N2O2S/c1-6-11(7(14)10-5)8(12)13-9(2,3)4/h5-6H2,1-4H3/p+1. The lowest BCUT2D eigenvalue weighted by Gasteiger charge is -2.20. The summed E-state index contributed by atoms with van der Waals surface area (Å²) in [5, 5.41) is 0.252. The van der Waals surface area contributed by atoms with Crippen LogP contribution in [0.4, 0.5) is 4.79 Å². The van der Waals surface area contributed by atoms with Crippen molar-refractivity contribution in [3.8, 4) is 0 Å². The van der Waals surface area contributed by atoms with Gasteiger partial charge in [0.25, 0.3) is 0 Å². The highest BCUT2D eigenvalue weighted by atomic mass is 32.1. The zero-order valence-corrected chi connectivity index (χ0v) is 9.97. The summed E-state index contributed by atoms with van der Waals surface area (Å²) in [4.78, 5) is 12.8. The second-order valence-electron chi connectivity index (χ2n) is 3.68. The largest absolute Gasteiger partial charge is 0.509 e. The van der Waals surface area contributed by atoms with Gasteiger partial charge in [0.15, 0.2) is 6.72 Å². The highest BCUT2D eigenvalue weighted by Gasteiger charge is 2.30. The van der Waals surface area contributed by atoms with Crippen molar-refractivity contribution in [3.63, 3.8) is 0 Å². The maximum Gasteiger partial charge on any atom is 0.509 e. The molecule has 14 heavy (non-hydrogen) atoms. The minimum Gasteiger partial charge on any atom is -0.425 e. The van der Waals surface area contributed by atoms with Crippen LogP contribution in [0.3, 0.4) is 0 Å². The molecular weight excluding hydrogens is 200 g/mol. The van der Waals surface area contributed by atoms with Crippen molar-refractivity contribution < 1.29 is 9.53 Å². The van der Waals surface area contributed by atoms with Crippen LogP contribution in [0, 0.1) is 0 Å². The van der Waals surface area contributed by atoms with Crippen molar-refractivity contribution in [2.75, 3.05) is 6.54 Å². The van der Waals surface area contributed by atoms with Gasteiger partial charge >= 0.3 is 11.3 Å². The first-order chi connectivity index (χ1) is 6.31. The van der Waals surface area contributed by atoms with E-state index >= 15 is 0 Å². The quantitative estimate of drug-likeness (QED) is 0.311. The van der Waals surface area contributed by atoms with E-state index in [-0.39, 0.29) is 5.17 Å². The van der Waals surface area contributed by atoms with E-state index in [1.165, 1.54) is 4.90 Å². The Labute approximate surface area is 90.1 Å². The molecule has 0 heterocycles. The number of nitrogens with zero attached hydrogens (tertiary/aromatic N) is 2. The van der Waals surface area contributed by atoms with Gasteiger partial charge in [-0.2, -0.15) is 4.79 Å². The third-order valence-corrected chi connectivity index (χ3v) is 1.70. The highest BCUT2D eigenvalue weighted by Crippen LogP contribution is 2.10. The minimum atomic E-state index is -0.514. The van der Waals surface area contributed by atoms with Gasteiger partial charge in [0.05, 0.1) is 6.54 Å². The topological polar surface area (TPSA) is 43.6 Å². The van der Waals surface area contributed by atoms with Crippen LogP contribution < -0.4 is 4.67 Å². The fourth-order valence-corrected chi connectivity index (χ4v) is 0.978. The second-order valence-corrected chi connectivity index (χ2v) is 4.08. The van der Waals surface area contributed by atoms with Gasteiger partial charge in [0.2, 0.25) is 0 Å². The molecule has 4 nitrogen and oxygen atoms in total. The lowest BCUT2D eigenvalue weighted by atomic mass is 10.2. The summed E-state index contributed by atoms with van der Waals surface area (Å²) in [6.45, 7) is 11.0. The molecule has 80 valence electrons. The van der Waals surface area contributed by atoms with E-state index in [9.17, 15) is 4.79 Å². The zero-order valence-electron chi connectivity index (χ0n) is 9.07. The molecule has 0 aliphatic heterocycles. The number of hydrogen-bond donors (Lipinski definition) is 1. The molecule has 0 aromatic carbocycles. The summed E-state index contributed by atoms with van der Waals surface area (Å²) in [7, 11) is 0. The number of amides is 1. The van der Waals surface area contributed by atoms with Gasteiger partial charge in [0.1, 0.15) is 5.60 Å². The summed E-state index contributed by atoms with van der Waals surface area (Å²) in [5.74, 6) is 0. The van der Waals surface area contributed by atoms with E-state index in [4.69, 9.17) is 4.74 Å². The molecule has 0 atom stereocenters. The van der Waals surface area contributed by atoms with Crippen molar-refractivity contribution in [2.24, 2.45) is 0 Å². The molecule has 0 aliphatic rings. The summed E-state index contributed by atoms with van der Waals surface area (Å²) in [6.07, 6.45) is -0.461. The number of carbonyl (C=O) groups excluding carboxylic acids is 1. The van der Waals surface area contributed by atoms with Crippen molar-refractivity contribution in [2.45, 2.75) is 33.3 Å². The van der Waals surface area contributed by atoms with Crippen LogP contribution in [-0.4, -0.2) is 35.0 Å². The molecule has 0 spiro atoms. The number of hydrogen-bond acceptors (Lipinski definition) is 2. The van der Waals surface area contributed by atoms with Crippen molar-refractivity contribution in [1.29, 1.82) is 0 Å². The minimum absolute atomic E-state index is 0.252. The maximum atomic E-state index is 11.5. The normalized spacial score (nSPS) is 10.4. The number of rotatable bonds is 1. The van der Waals surface area contributed by atoms with Crippen LogP contribution in [-0.2, 0) is 4.74 Å². The maximum absolute atomic E-state index is 11.5. The smallest absolute Gasteiger partial charge is 0.425 e. The Hall–Kier alpha value is -0.930. The fraction of sp³-hybridized carbons (Fsp3) is 0.667. The Morgan fingerprint density at radius 2 is 2.07 bits per heavy atom. The third kappa shape index (κ3) is 4.35. The van der Waals surface area contributed by atoms with E-state index in [1.54, 1.807) is 20.8 Å². The molecule has 0 radical (unpaired) electrons. The average molecular weight is 217 g/mol. The van der Waals surface area contributed by atoms with Crippen molar-refractivity contribution in [1.82, 2.24) is 9.57 Å².